The minimum atomic E-state index is 0. The highest BCUT2D eigenvalue weighted by molar-refractivity contribution is 6.12. The second kappa shape index (κ2) is 9.88. The molecule has 2 fully saturated rings. The summed E-state index contributed by atoms with van der Waals surface area (Å²) in [5, 5.41) is 4.48. The maximum atomic E-state index is 13.8. The molecule has 2 aliphatic rings. The maximum Gasteiger partial charge on any atom is 0.254 e. The van der Waals surface area contributed by atoms with Gasteiger partial charge in [-0.25, -0.2) is 0 Å². The summed E-state index contributed by atoms with van der Waals surface area (Å²) in [6.07, 6.45) is 4.52. The SMILES string of the molecule is Cl.Cn1c(-c2ccccc2)c(C(=O)NC2C[C@H]3CC[C@@H](C2)N3Cc2ccccc2)c2ccccc21. The smallest absolute Gasteiger partial charge is 0.254 e. The summed E-state index contributed by atoms with van der Waals surface area (Å²) in [6, 6.07) is 30.6. The zero-order chi connectivity index (χ0) is 23.1. The van der Waals surface area contributed by atoms with Crippen molar-refractivity contribution in [2.45, 2.75) is 50.4 Å². The summed E-state index contributed by atoms with van der Waals surface area (Å²) >= 11 is 0. The zero-order valence-corrected chi connectivity index (χ0v) is 20.9. The lowest BCUT2D eigenvalue weighted by Crippen LogP contribution is -2.50. The fourth-order valence-corrected chi connectivity index (χ4v) is 6.26. The fourth-order valence-electron chi connectivity index (χ4n) is 6.26. The Morgan fingerprint density at radius 1 is 0.857 bits per heavy atom. The third-order valence-electron chi connectivity index (χ3n) is 7.81. The summed E-state index contributed by atoms with van der Waals surface area (Å²) in [6.45, 7) is 1.01. The molecule has 3 heterocycles. The number of aryl methyl sites for hydroxylation is 1. The molecule has 3 atom stereocenters. The molecule has 3 aromatic carbocycles. The van der Waals surface area contributed by atoms with Gasteiger partial charge < -0.3 is 9.88 Å². The van der Waals surface area contributed by atoms with Crippen molar-refractivity contribution in [1.29, 1.82) is 0 Å². The molecule has 35 heavy (non-hydrogen) atoms. The van der Waals surface area contributed by atoms with Crippen LogP contribution in [0.25, 0.3) is 22.2 Å². The normalized spacial score (nSPS) is 21.6. The molecule has 6 rings (SSSR count). The number of piperidine rings is 1. The standard InChI is InChI=1S/C30H31N3O.ClH/c1-32-27-15-9-8-14-26(27)28(29(32)22-12-6-3-7-13-22)30(34)31-23-18-24-16-17-25(19-23)33(24)20-21-10-4-2-5-11-21;/h2-15,23-25H,16-20H2,1H3,(H,31,34);1H/t23?,24-,25+;. The van der Waals surface area contributed by atoms with Gasteiger partial charge in [0.15, 0.2) is 0 Å². The number of aromatic nitrogens is 1. The summed E-state index contributed by atoms with van der Waals surface area (Å²) in [5.74, 6) is 0.0524. The van der Waals surface area contributed by atoms with E-state index in [1.165, 1.54) is 18.4 Å². The van der Waals surface area contributed by atoms with Crippen LogP contribution in [0.3, 0.4) is 0 Å². The van der Waals surface area contributed by atoms with Crippen molar-refractivity contribution in [1.82, 2.24) is 14.8 Å². The van der Waals surface area contributed by atoms with E-state index in [2.05, 4.69) is 76.4 Å². The minimum absolute atomic E-state index is 0. The van der Waals surface area contributed by atoms with Gasteiger partial charge in [-0.1, -0.05) is 78.9 Å². The first-order valence-electron chi connectivity index (χ1n) is 12.4. The molecular formula is C30H32ClN3O. The number of hydrogen-bond acceptors (Lipinski definition) is 2. The third-order valence-corrected chi connectivity index (χ3v) is 7.81. The molecule has 0 radical (unpaired) electrons. The minimum Gasteiger partial charge on any atom is -0.349 e. The van der Waals surface area contributed by atoms with Crippen molar-refractivity contribution in [2.24, 2.45) is 7.05 Å². The number of amides is 1. The Hall–Kier alpha value is -3.08. The van der Waals surface area contributed by atoms with Crippen molar-refractivity contribution < 1.29 is 4.79 Å². The highest BCUT2D eigenvalue weighted by Crippen LogP contribution is 2.38. The lowest BCUT2D eigenvalue weighted by atomic mass is 9.95. The molecule has 1 unspecified atom stereocenters. The van der Waals surface area contributed by atoms with Gasteiger partial charge in [0.25, 0.3) is 5.91 Å². The number of para-hydroxylation sites is 1. The van der Waals surface area contributed by atoms with E-state index in [0.29, 0.717) is 12.1 Å². The largest absolute Gasteiger partial charge is 0.349 e. The van der Waals surface area contributed by atoms with Gasteiger partial charge in [0.05, 0.1) is 11.3 Å². The number of carbonyl (C=O) groups is 1. The second-order valence-corrected chi connectivity index (χ2v) is 9.85. The van der Waals surface area contributed by atoms with E-state index in [-0.39, 0.29) is 24.4 Å². The maximum absolute atomic E-state index is 13.8. The van der Waals surface area contributed by atoms with Crippen LogP contribution in [-0.2, 0) is 13.6 Å². The van der Waals surface area contributed by atoms with Gasteiger partial charge >= 0.3 is 0 Å². The van der Waals surface area contributed by atoms with Crippen molar-refractivity contribution >= 4 is 29.2 Å². The van der Waals surface area contributed by atoms with E-state index in [1.54, 1.807) is 0 Å². The van der Waals surface area contributed by atoms with Gasteiger partial charge in [0.2, 0.25) is 0 Å². The Kier molecular flexibility index (Phi) is 6.68. The monoisotopic (exact) mass is 485 g/mol. The van der Waals surface area contributed by atoms with Gasteiger partial charge in [-0.3, -0.25) is 9.69 Å². The number of benzene rings is 3. The summed E-state index contributed by atoms with van der Waals surface area (Å²) < 4.78 is 2.16. The predicted octanol–water partition coefficient (Wildman–Crippen LogP) is 6.19. The number of halogens is 1. The molecule has 4 aromatic rings. The molecule has 1 aromatic heterocycles. The van der Waals surface area contributed by atoms with E-state index in [4.69, 9.17) is 0 Å². The van der Waals surface area contributed by atoms with E-state index >= 15 is 0 Å². The van der Waals surface area contributed by atoms with Crippen LogP contribution in [0.2, 0.25) is 0 Å². The van der Waals surface area contributed by atoms with Gasteiger partial charge in [-0.15, -0.1) is 12.4 Å². The number of nitrogens with one attached hydrogen (secondary N) is 1. The number of rotatable bonds is 5. The molecule has 2 bridgehead atoms. The zero-order valence-electron chi connectivity index (χ0n) is 20.1. The number of carbonyl (C=O) groups excluding carboxylic acids is 1. The summed E-state index contributed by atoms with van der Waals surface area (Å²) in [4.78, 5) is 16.5. The molecule has 5 heteroatoms. The second-order valence-electron chi connectivity index (χ2n) is 9.85. The van der Waals surface area contributed by atoms with Gasteiger partial charge in [-0.05, 0) is 42.9 Å². The van der Waals surface area contributed by atoms with Crippen molar-refractivity contribution in [3.8, 4) is 11.3 Å². The molecular weight excluding hydrogens is 454 g/mol. The molecule has 0 saturated carbocycles. The Balaban J connectivity index is 0.00000253. The van der Waals surface area contributed by atoms with Gasteiger partial charge in [0.1, 0.15) is 0 Å². The molecule has 2 aliphatic heterocycles. The van der Waals surface area contributed by atoms with E-state index in [9.17, 15) is 4.79 Å². The summed E-state index contributed by atoms with van der Waals surface area (Å²) in [5.41, 5.74) is 5.32. The highest BCUT2D eigenvalue weighted by Gasteiger charge is 2.41. The van der Waals surface area contributed by atoms with E-state index < -0.39 is 0 Å². The highest BCUT2D eigenvalue weighted by atomic mass is 35.5. The molecule has 180 valence electrons. The van der Waals surface area contributed by atoms with Gasteiger partial charge in [-0.2, -0.15) is 0 Å². The van der Waals surface area contributed by atoms with Crippen LogP contribution in [0.15, 0.2) is 84.9 Å². The third kappa shape index (κ3) is 4.37. The quantitative estimate of drug-likeness (QED) is 0.366. The van der Waals surface area contributed by atoms with Crippen LogP contribution in [0.4, 0.5) is 0 Å². The van der Waals surface area contributed by atoms with E-state index in [0.717, 1.165) is 47.1 Å². The van der Waals surface area contributed by atoms with Crippen LogP contribution < -0.4 is 5.32 Å². The average molecular weight is 486 g/mol. The first-order chi connectivity index (χ1) is 16.7. The Morgan fingerprint density at radius 2 is 1.46 bits per heavy atom. The number of fused-ring (bicyclic) bond motifs is 3. The van der Waals surface area contributed by atoms with Crippen LogP contribution >= 0.6 is 12.4 Å². The molecule has 2 saturated heterocycles. The first kappa shape index (κ1) is 23.7. The van der Waals surface area contributed by atoms with Crippen LogP contribution in [0.1, 0.15) is 41.6 Å². The van der Waals surface area contributed by atoms with Crippen LogP contribution in [0, 0.1) is 0 Å². The topological polar surface area (TPSA) is 37.3 Å². The molecule has 4 nitrogen and oxygen atoms in total. The lowest BCUT2D eigenvalue weighted by Gasteiger charge is -2.39. The molecule has 1 amide bonds. The molecule has 0 spiro atoms. The Labute approximate surface area is 213 Å². The van der Waals surface area contributed by atoms with Crippen molar-refractivity contribution in [3.05, 3.63) is 96.1 Å². The van der Waals surface area contributed by atoms with Crippen molar-refractivity contribution in [3.63, 3.8) is 0 Å². The lowest BCUT2D eigenvalue weighted by molar-refractivity contribution is 0.0829. The fraction of sp³-hybridized carbons (Fsp3) is 0.300. The predicted molar refractivity (Wildman–Crippen MR) is 145 cm³/mol. The Morgan fingerprint density at radius 3 is 2.14 bits per heavy atom. The van der Waals surface area contributed by atoms with Gasteiger partial charge in [0, 0.05) is 42.6 Å². The molecule has 0 aliphatic carbocycles. The molecule has 1 N–H and O–H groups in total. The Bertz CT molecular complexity index is 1300. The number of nitrogens with zero attached hydrogens (tertiary/aromatic N) is 2. The van der Waals surface area contributed by atoms with E-state index in [1.807, 2.05) is 30.3 Å². The number of hydrogen-bond donors (Lipinski definition) is 1. The summed E-state index contributed by atoms with van der Waals surface area (Å²) in [7, 11) is 2.06. The van der Waals surface area contributed by atoms with Crippen molar-refractivity contribution in [2.75, 3.05) is 0 Å². The average Bonchev–Trinajstić information content (AvgIpc) is 3.29. The van der Waals surface area contributed by atoms with Crippen LogP contribution in [0.5, 0.6) is 0 Å². The first-order valence-corrected chi connectivity index (χ1v) is 12.4. The van der Waals surface area contributed by atoms with Crippen LogP contribution in [-0.4, -0.2) is 33.5 Å².